The summed E-state index contributed by atoms with van der Waals surface area (Å²) in [7, 11) is 1.77. The lowest BCUT2D eigenvalue weighted by molar-refractivity contribution is -0.130. The van der Waals surface area contributed by atoms with Gasteiger partial charge in [0, 0.05) is 31.1 Å². The van der Waals surface area contributed by atoms with Gasteiger partial charge in [-0.15, -0.1) is 12.4 Å². The molecule has 1 aromatic carbocycles. The fourth-order valence-corrected chi connectivity index (χ4v) is 1.64. The zero-order valence-corrected chi connectivity index (χ0v) is 11.6. The molecular formula is C12H18Cl2N2O. The van der Waals surface area contributed by atoms with E-state index in [0.717, 1.165) is 5.56 Å². The molecule has 1 atom stereocenters. The van der Waals surface area contributed by atoms with Crippen LogP contribution in [0.25, 0.3) is 0 Å². The lowest BCUT2D eigenvalue weighted by Gasteiger charge is -2.18. The zero-order valence-electron chi connectivity index (χ0n) is 10.0. The molecule has 0 saturated carbocycles. The number of rotatable bonds is 4. The Hall–Kier alpha value is -0.770. The Morgan fingerprint density at radius 2 is 2.18 bits per heavy atom. The number of halogens is 2. The van der Waals surface area contributed by atoms with Crippen LogP contribution in [0.2, 0.25) is 5.02 Å². The van der Waals surface area contributed by atoms with Crippen molar-refractivity contribution < 1.29 is 4.79 Å². The van der Waals surface area contributed by atoms with Crippen LogP contribution >= 0.6 is 24.0 Å². The molecule has 0 aliphatic heterocycles. The Morgan fingerprint density at radius 3 is 2.71 bits per heavy atom. The highest BCUT2D eigenvalue weighted by atomic mass is 35.5. The van der Waals surface area contributed by atoms with Crippen LogP contribution in [-0.4, -0.2) is 23.9 Å². The van der Waals surface area contributed by atoms with Crippen LogP contribution in [-0.2, 0) is 11.3 Å². The summed E-state index contributed by atoms with van der Waals surface area (Å²) in [5.41, 5.74) is 6.60. The minimum atomic E-state index is -0.102. The third-order valence-corrected chi connectivity index (χ3v) is 2.47. The van der Waals surface area contributed by atoms with Gasteiger partial charge in [0.05, 0.1) is 0 Å². The molecule has 1 aromatic rings. The second-order valence-electron chi connectivity index (χ2n) is 4.06. The van der Waals surface area contributed by atoms with Crippen LogP contribution < -0.4 is 5.73 Å². The number of hydrogen-bond acceptors (Lipinski definition) is 2. The number of benzene rings is 1. The summed E-state index contributed by atoms with van der Waals surface area (Å²) in [5.74, 6) is 0.0509. The van der Waals surface area contributed by atoms with E-state index in [1.165, 1.54) is 0 Å². The topological polar surface area (TPSA) is 46.3 Å². The summed E-state index contributed by atoms with van der Waals surface area (Å²) in [6, 6.07) is 7.39. The molecule has 5 heteroatoms. The smallest absolute Gasteiger partial charge is 0.224 e. The van der Waals surface area contributed by atoms with Gasteiger partial charge in [0.1, 0.15) is 0 Å². The van der Waals surface area contributed by atoms with Crippen LogP contribution in [0.4, 0.5) is 0 Å². The second-order valence-corrected chi connectivity index (χ2v) is 4.50. The van der Waals surface area contributed by atoms with E-state index >= 15 is 0 Å². The molecule has 1 rings (SSSR count). The van der Waals surface area contributed by atoms with Gasteiger partial charge in [-0.1, -0.05) is 23.7 Å². The number of nitrogens with zero attached hydrogens (tertiary/aromatic N) is 1. The first-order valence-electron chi connectivity index (χ1n) is 5.23. The van der Waals surface area contributed by atoms with E-state index in [9.17, 15) is 4.79 Å². The first kappa shape index (κ1) is 16.2. The molecule has 0 bridgehead atoms. The van der Waals surface area contributed by atoms with Crippen LogP contribution in [0.1, 0.15) is 18.9 Å². The molecular weight excluding hydrogens is 259 g/mol. The summed E-state index contributed by atoms with van der Waals surface area (Å²) in [5, 5.41) is 0.686. The van der Waals surface area contributed by atoms with Gasteiger partial charge in [-0.2, -0.15) is 0 Å². The minimum absolute atomic E-state index is 0. The fraction of sp³-hybridized carbons (Fsp3) is 0.417. The molecule has 0 aliphatic rings. The molecule has 0 radical (unpaired) electrons. The van der Waals surface area contributed by atoms with E-state index in [2.05, 4.69) is 0 Å². The largest absolute Gasteiger partial charge is 0.341 e. The SMILES string of the molecule is CC(N)CC(=O)N(C)Cc1cccc(Cl)c1.Cl. The summed E-state index contributed by atoms with van der Waals surface area (Å²) >= 11 is 5.87. The number of hydrogen-bond donors (Lipinski definition) is 1. The first-order chi connectivity index (χ1) is 7.49. The van der Waals surface area contributed by atoms with Gasteiger partial charge in [-0.05, 0) is 24.6 Å². The van der Waals surface area contributed by atoms with E-state index in [1.54, 1.807) is 11.9 Å². The van der Waals surface area contributed by atoms with Crippen molar-refractivity contribution in [3.63, 3.8) is 0 Å². The van der Waals surface area contributed by atoms with E-state index in [0.29, 0.717) is 18.0 Å². The third-order valence-electron chi connectivity index (χ3n) is 2.23. The highest BCUT2D eigenvalue weighted by molar-refractivity contribution is 6.30. The summed E-state index contributed by atoms with van der Waals surface area (Å²) in [4.78, 5) is 13.3. The lowest BCUT2D eigenvalue weighted by Crippen LogP contribution is -2.31. The van der Waals surface area contributed by atoms with Crippen molar-refractivity contribution in [3.05, 3.63) is 34.9 Å². The normalized spacial score (nSPS) is 11.5. The van der Waals surface area contributed by atoms with Crippen LogP contribution in [0.5, 0.6) is 0 Å². The minimum Gasteiger partial charge on any atom is -0.341 e. The van der Waals surface area contributed by atoms with E-state index in [4.69, 9.17) is 17.3 Å². The highest BCUT2D eigenvalue weighted by Crippen LogP contribution is 2.12. The predicted octanol–water partition coefficient (Wildman–Crippen LogP) is 2.46. The van der Waals surface area contributed by atoms with Gasteiger partial charge >= 0.3 is 0 Å². The van der Waals surface area contributed by atoms with Gasteiger partial charge in [0.15, 0.2) is 0 Å². The first-order valence-corrected chi connectivity index (χ1v) is 5.61. The molecule has 3 nitrogen and oxygen atoms in total. The zero-order chi connectivity index (χ0) is 12.1. The Bertz CT molecular complexity index is 369. The average Bonchev–Trinajstić information content (AvgIpc) is 2.16. The quantitative estimate of drug-likeness (QED) is 0.918. The summed E-state index contributed by atoms with van der Waals surface area (Å²) in [6.07, 6.45) is 0.372. The molecule has 0 aliphatic carbocycles. The highest BCUT2D eigenvalue weighted by Gasteiger charge is 2.11. The van der Waals surface area contributed by atoms with Crippen LogP contribution in [0, 0.1) is 0 Å². The maximum atomic E-state index is 11.7. The van der Waals surface area contributed by atoms with E-state index in [-0.39, 0.29) is 24.4 Å². The molecule has 2 N–H and O–H groups in total. The van der Waals surface area contributed by atoms with Crippen LogP contribution in [0.15, 0.2) is 24.3 Å². The Morgan fingerprint density at radius 1 is 1.53 bits per heavy atom. The molecule has 0 spiro atoms. The standard InChI is InChI=1S/C12H17ClN2O.ClH/c1-9(14)6-12(16)15(2)8-10-4-3-5-11(13)7-10;/h3-5,7,9H,6,8,14H2,1-2H3;1H. The van der Waals surface area contributed by atoms with Crippen LogP contribution in [0.3, 0.4) is 0 Å². The van der Waals surface area contributed by atoms with E-state index in [1.807, 2.05) is 31.2 Å². The second kappa shape index (κ2) is 7.54. The number of carbonyl (C=O) groups excluding carboxylic acids is 1. The Labute approximate surface area is 113 Å². The lowest BCUT2D eigenvalue weighted by atomic mass is 10.2. The van der Waals surface area contributed by atoms with Gasteiger partial charge in [-0.3, -0.25) is 4.79 Å². The molecule has 0 saturated heterocycles. The van der Waals surface area contributed by atoms with Crippen molar-refractivity contribution in [1.82, 2.24) is 4.90 Å². The maximum Gasteiger partial charge on any atom is 0.224 e. The number of amides is 1. The third kappa shape index (κ3) is 5.91. The Kier molecular flexibility index (Phi) is 7.19. The molecule has 1 unspecified atom stereocenters. The van der Waals surface area contributed by atoms with Gasteiger partial charge in [-0.25, -0.2) is 0 Å². The molecule has 0 fully saturated rings. The molecule has 0 aromatic heterocycles. The summed E-state index contributed by atoms with van der Waals surface area (Å²) < 4.78 is 0. The van der Waals surface area contributed by atoms with Crippen molar-refractivity contribution in [1.29, 1.82) is 0 Å². The number of nitrogens with two attached hydrogens (primary N) is 1. The maximum absolute atomic E-state index is 11.7. The Balaban J connectivity index is 0.00000256. The predicted molar refractivity (Wildman–Crippen MR) is 73.4 cm³/mol. The molecule has 17 heavy (non-hydrogen) atoms. The molecule has 0 heterocycles. The van der Waals surface area contributed by atoms with Crippen molar-refractivity contribution in [2.24, 2.45) is 5.73 Å². The van der Waals surface area contributed by atoms with E-state index < -0.39 is 0 Å². The molecule has 1 amide bonds. The van der Waals surface area contributed by atoms with Gasteiger partial charge in [0.2, 0.25) is 5.91 Å². The van der Waals surface area contributed by atoms with Crippen molar-refractivity contribution in [2.75, 3.05) is 7.05 Å². The van der Waals surface area contributed by atoms with Crippen molar-refractivity contribution in [3.8, 4) is 0 Å². The monoisotopic (exact) mass is 276 g/mol. The fourth-order valence-electron chi connectivity index (χ4n) is 1.43. The summed E-state index contributed by atoms with van der Waals surface area (Å²) in [6.45, 7) is 2.39. The molecule has 96 valence electrons. The average molecular weight is 277 g/mol. The number of carbonyl (C=O) groups is 1. The van der Waals surface area contributed by atoms with Gasteiger partial charge in [0.25, 0.3) is 0 Å². The van der Waals surface area contributed by atoms with Crippen molar-refractivity contribution >= 4 is 29.9 Å². The van der Waals surface area contributed by atoms with Gasteiger partial charge < -0.3 is 10.6 Å². The van der Waals surface area contributed by atoms with Crippen molar-refractivity contribution in [2.45, 2.75) is 25.9 Å².